The molecule has 7 heteroatoms. The first-order valence-corrected chi connectivity index (χ1v) is 5.84. The third kappa shape index (κ3) is 3.08. The predicted molar refractivity (Wildman–Crippen MR) is 68.3 cm³/mol. The second-order valence-corrected chi connectivity index (χ2v) is 4.42. The quantitative estimate of drug-likeness (QED) is 0.678. The number of hydrogen-bond donors (Lipinski definition) is 1. The summed E-state index contributed by atoms with van der Waals surface area (Å²) in [6.45, 7) is 1.64. The molecule has 2 rings (SSSR count). The summed E-state index contributed by atoms with van der Waals surface area (Å²) in [6, 6.07) is 4.13. The third-order valence-electron chi connectivity index (χ3n) is 2.43. The van der Waals surface area contributed by atoms with Crippen LogP contribution in [-0.2, 0) is 0 Å². The van der Waals surface area contributed by atoms with Crippen LogP contribution in [0.2, 0.25) is 5.15 Å². The Labute approximate surface area is 117 Å². The van der Waals surface area contributed by atoms with Crippen molar-refractivity contribution in [2.75, 3.05) is 5.32 Å². The Morgan fingerprint density at radius 1 is 1.15 bits per heavy atom. The van der Waals surface area contributed by atoms with Crippen molar-refractivity contribution in [3.05, 3.63) is 58.1 Å². The highest BCUT2D eigenvalue weighted by atomic mass is 35.5. The van der Waals surface area contributed by atoms with Crippen molar-refractivity contribution in [3.8, 4) is 0 Å². The molecule has 0 aliphatic rings. The van der Waals surface area contributed by atoms with Gasteiger partial charge in [-0.1, -0.05) is 11.6 Å². The highest BCUT2D eigenvalue weighted by Crippen LogP contribution is 2.19. The number of aryl methyl sites for hydroxylation is 1. The van der Waals surface area contributed by atoms with Crippen LogP contribution in [0.5, 0.6) is 0 Å². The van der Waals surface area contributed by atoms with Gasteiger partial charge in [-0.25, -0.2) is 18.2 Å². The Morgan fingerprint density at radius 2 is 1.75 bits per heavy atom. The van der Waals surface area contributed by atoms with Gasteiger partial charge in [0.1, 0.15) is 5.15 Å². The van der Waals surface area contributed by atoms with Crippen molar-refractivity contribution >= 4 is 23.2 Å². The summed E-state index contributed by atoms with van der Waals surface area (Å²) in [5.41, 5.74) is 0.490. The van der Waals surface area contributed by atoms with Crippen LogP contribution < -0.4 is 5.32 Å². The van der Waals surface area contributed by atoms with Crippen molar-refractivity contribution in [1.29, 1.82) is 0 Å². The zero-order chi connectivity index (χ0) is 14.9. The van der Waals surface area contributed by atoms with Gasteiger partial charge in [-0.3, -0.25) is 4.79 Å². The van der Waals surface area contributed by atoms with Crippen molar-refractivity contribution in [3.63, 3.8) is 0 Å². The fraction of sp³-hybridized carbons (Fsp3) is 0.0769. The van der Waals surface area contributed by atoms with Gasteiger partial charge in [-0.15, -0.1) is 0 Å². The second kappa shape index (κ2) is 5.50. The van der Waals surface area contributed by atoms with E-state index < -0.39 is 23.4 Å². The van der Waals surface area contributed by atoms with Gasteiger partial charge < -0.3 is 5.32 Å². The first kappa shape index (κ1) is 14.3. The van der Waals surface area contributed by atoms with E-state index in [1.54, 1.807) is 6.92 Å². The van der Waals surface area contributed by atoms with E-state index in [1.807, 2.05) is 0 Å². The van der Waals surface area contributed by atoms with E-state index in [0.717, 1.165) is 0 Å². The number of rotatable bonds is 2. The zero-order valence-electron chi connectivity index (χ0n) is 10.2. The molecule has 0 fully saturated rings. The van der Waals surface area contributed by atoms with Gasteiger partial charge in [-0.2, -0.15) is 0 Å². The summed E-state index contributed by atoms with van der Waals surface area (Å²) in [5, 5.41) is 2.37. The number of aromatic nitrogens is 1. The Morgan fingerprint density at radius 3 is 2.30 bits per heavy atom. The Kier molecular flexibility index (Phi) is 3.94. The van der Waals surface area contributed by atoms with Crippen molar-refractivity contribution < 1.29 is 18.0 Å². The van der Waals surface area contributed by atoms with Crippen LogP contribution in [0.1, 0.15) is 16.1 Å². The molecule has 20 heavy (non-hydrogen) atoms. The van der Waals surface area contributed by atoms with Gasteiger partial charge in [0.2, 0.25) is 0 Å². The molecular weight excluding hydrogens is 293 g/mol. The molecule has 0 spiro atoms. The van der Waals surface area contributed by atoms with Gasteiger partial charge in [0.15, 0.2) is 17.5 Å². The number of halogens is 4. The molecule has 0 aliphatic carbocycles. The summed E-state index contributed by atoms with van der Waals surface area (Å²) in [7, 11) is 0. The predicted octanol–water partition coefficient (Wildman–Crippen LogP) is 3.71. The molecule has 1 aromatic heterocycles. The normalized spacial score (nSPS) is 10.4. The number of pyridine rings is 1. The average Bonchev–Trinajstić information content (AvgIpc) is 2.34. The van der Waals surface area contributed by atoms with Gasteiger partial charge in [0, 0.05) is 29.1 Å². The zero-order valence-corrected chi connectivity index (χ0v) is 10.9. The molecule has 3 nitrogen and oxygen atoms in total. The molecule has 0 unspecified atom stereocenters. The fourth-order valence-corrected chi connectivity index (χ4v) is 1.84. The Hall–Kier alpha value is -2.08. The average molecular weight is 301 g/mol. The number of nitrogens with zero attached hydrogens (tertiary/aromatic N) is 1. The van der Waals surface area contributed by atoms with E-state index in [1.165, 1.54) is 12.1 Å². The molecular formula is C13H8ClF3N2O. The maximum absolute atomic E-state index is 13.0. The largest absolute Gasteiger partial charge is 0.322 e. The first-order valence-electron chi connectivity index (χ1n) is 5.47. The maximum Gasteiger partial charge on any atom is 0.255 e. The van der Waals surface area contributed by atoms with Crippen LogP contribution in [0, 0.1) is 24.4 Å². The lowest BCUT2D eigenvalue weighted by Crippen LogP contribution is -2.13. The van der Waals surface area contributed by atoms with Crippen LogP contribution in [0.25, 0.3) is 0 Å². The third-order valence-corrected chi connectivity index (χ3v) is 2.62. The van der Waals surface area contributed by atoms with Gasteiger partial charge >= 0.3 is 0 Å². The number of anilines is 1. The van der Waals surface area contributed by atoms with Crippen molar-refractivity contribution in [2.45, 2.75) is 6.92 Å². The van der Waals surface area contributed by atoms with Crippen LogP contribution in [0.15, 0.2) is 24.3 Å². The van der Waals surface area contributed by atoms with E-state index in [9.17, 15) is 18.0 Å². The van der Waals surface area contributed by atoms with Crippen LogP contribution in [0.3, 0.4) is 0 Å². The van der Waals surface area contributed by atoms with Gasteiger partial charge in [0.05, 0.1) is 0 Å². The summed E-state index contributed by atoms with van der Waals surface area (Å²) < 4.78 is 38.8. The smallest absolute Gasteiger partial charge is 0.255 e. The van der Waals surface area contributed by atoms with Crippen LogP contribution >= 0.6 is 11.6 Å². The summed E-state index contributed by atoms with van der Waals surface area (Å²) in [5.74, 6) is -5.00. The monoisotopic (exact) mass is 300 g/mol. The Balaban J connectivity index is 2.28. The van der Waals surface area contributed by atoms with Crippen molar-refractivity contribution in [1.82, 2.24) is 4.98 Å². The molecule has 1 aromatic carbocycles. The van der Waals surface area contributed by atoms with E-state index >= 15 is 0 Å². The minimum Gasteiger partial charge on any atom is -0.322 e. The topological polar surface area (TPSA) is 42.0 Å². The molecule has 0 aliphatic heterocycles. The minimum atomic E-state index is -1.59. The maximum atomic E-state index is 13.0. The molecule has 1 N–H and O–H groups in total. The van der Waals surface area contributed by atoms with Crippen LogP contribution in [0.4, 0.5) is 18.9 Å². The molecule has 2 aromatic rings. The lowest BCUT2D eigenvalue weighted by Gasteiger charge is -2.07. The van der Waals surface area contributed by atoms with Gasteiger partial charge in [0.25, 0.3) is 5.91 Å². The standard InChI is InChI=1S/C13H8ClF3N2O/c1-6-2-7(3-11(14)18-6)13(20)19-8-4-9(15)12(17)10(16)5-8/h2-5H,1H3,(H,19,20). The highest BCUT2D eigenvalue weighted by Gasteiger charge is 2.13. The first-order chi connectivity index (χ1) is 9.36. The van der Waals surface area contributed by atoms with Crippen molar-refractivity contribution in [2.24, 2.45) is 0 Å². The van der Waals surface area contributed by atoms with Gasteiger partial charge in [-0.05, 0) is 19.1 Å². The van der Waals surface area contributed by atoms with E-state index in [0.29, 0.717) is 17.8 Å². The summed E-state index contributed by atoms with van der Waals surface area (Å²) in [4.78, 5) is 15.8. The number of nitrogens with one attached hydrogen (secondary N) is 1. The SMILES string of the molecule is Cc1cc(C(=O)Nc2cc(F)c(F)c(F)c2)cc(Cl)n1. The van der Waals surface area contributed by atoms with E-state index in [-0.39, 0.29) is 16.4 Å². The Bertz CT molecular complexity index is 648. The second-order valence-electron chi connectivity index (χ2n) is 4.03. The van der Waals surface area contributed by atoms with Crippen LogP contribution in [-0.4, -0.2) is 10.9 Å². The minimum absolute atomic E-state index is 0.117. The molecule has 0 saturated heterocycles. The molecule has 104 valence electrons. The molecule has 0 radical (unpaired) electrons. The van der Waals surface area contributed by atoms with E-state index in [4.69, 9.17) is 11.6 Å². The molecule has 0 bridgehead atoms. The van der Waals surface area contributed by atoms with E-state index in [2.05, 4.69) is 10.3 Å². The molecule has 0 saturated carbocycles. The number of carbonyl (C=O) groups is 1. The fourth-order valence-electron chi connectivity index (χ4n) is 1.59. The number of amides is 1. The number of benzene rings is 1. The number of carbonyl (C=O) groups excluding carboxylic acids is 1. The molecule has 0 atom stereocenters. The highest BCUT2D eigenvalue weighted by molar-refractivity contribution is 6.29. The lowest BCUT2D eigenvalue weighted by molar-refractivity contribution is 0.102. The summed E-state index contributed by atoms with van der Waals surface area (Å²) >= 11 is 5.71. The lowest BCUT2D eigenvalue weighted by atomic mass is 10.2. The molecule has 1 amide bonds. The number of hydrogen-bond acceptors (Lipinski definition) is 2. The summed E-state index contributed by atoms with van der Waals surface area (Å²) in [6.07, 6.45) is 0. The molecule has 1 heterocycles.